The summed E-state index contributed by atoms with van der Waals surface area (Å²) in [6.45, 7) is 3.16. The standard InChI is InChI=1S/C8H11IN4/c9-6-4-11-7(12-8(6)10)5-13-2-1-3-13/h4H,1-3,5H2,(H2,10,11,12). The van der Waals surface area contributed by atoms with Crippen LogP contribution in [0.4, 0.5) is 5.82 Å². The fourth-order valence-corrected chi connectivity index (χ4v) is 1.49. The zero-order valence-electron chi connectivity index (χ0n) is 7.20. The maximum absolute atomic E-state index is 5.68. The van der Waals surface area contributed by atoms with Crippen molar-refractivity contribution in [3.05, 3.63) is 15.6 Å². The van der Waals surface area contributed by atoms with Gasteiger partial charge in [-0.1, -0.05) is 0 Å². The molecular formula is C8H11IN4. The zero-order valence-corrected chi connectivity index (χ0v) is 9.36. The maximum atomic E-state index is 5.68. The van der Waals surface area contributed by atoms with Gasteiger partial charge >= 0.3 is 0 Å². The molecule has 4 nitrogen and oxygen atoms in total. The van der Waals surface area contributed by atoms with Gasteiger partial charge < -0.3 is 5.73 Å². The van der Waals surface area contributed by atoms with Crippen LogP contribution >= 0.6 is 22.6 Å². The summed E-state index contributed by atoms with van der Waals surface area (Å²) < 4.78 is 0.921. The van der Waals surface area contributed by atoms with Crippen LogP contribution in [0.25, 0.3) is 0 Å². The lowest BCUT2D eigenvalue weighted by Gasteiger charge is -2.29. The number of nitrogens with two attached hydrogens (primary N) is 1. The summed E-state index contributed by atoms with van der Waals surface area (Å²) in [7, 11) is 0. The van der Waals surface area contributed by atoms with Crippen LogP contribution in [0.15, 0.2) is 6.20 Å². The quantitative estimate of drug-likeness (QED) is 0.821. The molecular weight excluding hydrogens is 279 g/mol. The Hall–Kier alpha value is -0.430. The minimum atomic E-state index is 0.589. The highest BCUT2D eigenvalue weighted by atomic mass is 127. The highest BCUT2D eigenvalue weighted by molar-refractivity contribution is 14.1. The van der Waals surface area contributed by atoms with Crippen molar-refractivity contribution in [3.8, 4) is 0 Å². The smallest absolute Gasteiger partial charge is 0.144 e. The van der Waals surface area contributed by atoms with Gasteiger partial charge in [0, 0.05) is 6.20 Å². The van der Waals surface area contributed by atoms with Gasteiger partial charge in [-0.05, 0) is 42.1 Å². The lowest BCUT2D eigenvalue weighted by atomic mass is 10.2. The minimum Gasteiger partial charge on any atom is -0.383 e. The third-order valence-electron chi connectivity index (χ3n) is 2.13. The number of aromatic nitrogens is 2. The lowest BCUT2D eigenvalue weighted by molar-refractivity contribution is 0.168. The van der Waals surface area contributed by atoms with Crippen molar-refractivity contribution in [1.29, 1.82) is 0 Å². The van der Waals surface area contributed by atoms with Crippen molar-refractivity contribution in [1.82, 2.24) is 14.9 Å². The molecule has 0 atom stereocenters. The normalized spacial score (nSPS) is 17.0. The van der Waals surface area contributed by atoms with Gasteiger partial charge in [0.15, 0.2) is 0 Å². The Morgan fingerprint density at radius 1 is 1.54 bits per heavy atom. The largest absolute Gasteiger partial charge is 0.383 e. The Morgan fingerprint density at radius 2 is 2.31 bits per heavy atom. The molecule has 0 aliphatic carbocycles. The molecule has 2 heterocycles. The molecule has 1 aromatic rings. The first-order valence-electron chi connectivity index (χ1n) is 4.25. The summed E-state index contributed by atoms with van der Waals surface area (Å²) >= 11 is 2.13. The minimum absolute atomic E-state index is 0.589. The molecule has 0 radical (unpaired) electrons. The molecule has 70 valence electrons. The molecule has 0 spiro atoms. The fourth-order valence-electron chi connectivity index (χ4n) is 1.23. The average Bonchev–Trinajstić information content (AvgIpc) is 2.04. The number of halogens is 1. The van der Waals surface area contributed by atoms with Crippen LogP contribution in [0.3, 0.4) is 0 Å². The second-order valence-corrected chi connectivity index (χ2v) is 4.31. The zero-order chi connectivity index (χ0) is 9.26. The first-order chi connectivity index (χ1) is 6.25. The Morgan fingerprint density at radius 3 is 2.85 bits per heavy atom. The fraction of sp³-hybridized carbons (Fsp3) is 0.500. The van der Waals surface area contributed by atoms with E-state index in [1.165, 1.54) is 6.42 Å². The van der Waals surface area contributed by atoms with Gasteiger partial charge in [0.25, 0.3) is 0 Å². The van der Waals surface area contributed by atoms with Crippen LogP contribution in [0.2, 0.25) is 0 Å². The van der Waals surface area contributed by atoms with Crippen molar-refractivity contribution in [2.75, 3.05) is 18.8 Å². The summed E-state index contributed by atoms with van der Waals surface area (Å²) in [4.78, 5) is 10.7. The first kappa shape index (κ1) is 9.14. The van der Waals surface area contributed by atoms with E-state index in [1.54, 1.807) is 6.20 Å². The predicted octanol–water partition coefficient (Wildman–Crippen LogP) is 0.869. The molecule has 1 aromatic heterocycles. The molecule has 1 aliphatic rings. The maximum Gasteiger partial charge on any atom is 0.144 e. The van der Waals surface area contributed by atoms with Crippen LogP contribution < -0.4 is 5.73 Å². The summed E-state index contributed by atoms with van der Waals surface area (Å²) in [5, 5.41) is 0. The number of likely N-dealkylation sites (tertiary alicyclic amines) is 1. The van der Waals surface area contributed by atoms with Gasteiger partial charge in [-0.2, -0.15) is 0 Å². The van der Waals surface area contributed by atoms with E-state index >= 15 is 0 Å². The Bertz CT molecular complexity index is 311. The molecule has 1 saturated heterocycles. The summed E-state index contributed by atoms with van der Waals surface area (Å²) in [6, 6.07) is 0. The molecule has 0 saturated carbocycles. The number of rotatable bonds is 2. The molecule has 2 N–H and O–H groups in total. The van der Waals surface area contributed by atoms with E-state index in [4.69, 9.17) is 5.73 Å². The second-order valence-electron chi connectivity index (χ2n) is 3.15. The first-order valence-corrected chi connectivity index (χ1v) is 5.33. The van der Waals surface area contributed by atoms with E-state index in [9.17, 15) is 0 Å². The van der Waals surface area contributed by atoms with Crippen molar-refractivity contribution in [3.63, 3.8) is 0 Å². The third kappa shape index (κ3) is 2.08. The second kappa shape index (κ2) is 3.75. The highest BCUT2D eigenvalue weighted by Gasteiger charge is 2.15. The van der Waals surface area contributed by atoms with E-state index in [1.807, 2.05) is 0 Å². The molecule has 0 unspecified atom stereocenters. The monoisotopic (exact) mass is 290 g/mol. The van der Waals surface area contributed by atoms with Crippen LogP contribution in [-0.2, 0) is 6.54 Å². The van der Waals surface area contributed by atoms with Crippen molar-refractivity contribution < 1.29 is 0 Å². The number of nitrogens with zero attached hydrogens (tertiary/aromatic N) is 3. The Labute approximate surface area is 90.7 Å². The number of hydrogen-bond acceptors (Lipinski definition) is 4. The molecule has 13 heavy (non-hydrogen) atoms. The van der Waals surface area contributed by atoms with Crippen LogP contribution in [-0.4, -0.2) is 28.0 Å². The van der Waals surface area contributed by atoms with Gasteiger partial charge in [-0.3, -0.25) is 4.90 Å². The van der Waals surface area contributed by atoms with Gasteiger partial charge in [-0.25, -0.2) is 9.97 Å². The van der Waals surface area contributed by atoms with E-state index in [0.29, 0.717) is 5.82 Å². The Balaban J connectivity index is 2.07. The number of nitrogen functional groups attached to an aromatic ring is 1. The number of anilines is 1. The van der Waals surface area contributed by atoms with Crippen LogP contribution in [0.5, 0.6) is 0 Å². The summed E-state index contributed by atoms with van der Waals surface area (Å²) in [5.74, 6) is 1.42. The molecule has 0 amide bonds. The Kier molecular flexibility index (Phi) is 2.63. The van der Waals surface area contributed by atoms with E-state index < -0.39 is 0 Å². The molecule has 0 bridgehead atoms. The molecule has 1 fully saturated rings. The van der Waals surface area contributed by atoms with E-state index in [-0.39, 0.29) is 0 Å². The van der Waals surface area contributed by atoms with Crippen molar-refractivity contribution in [2.45, 2.75) is 13.0 Å². The van der Waals surface area contributed by atoms with Crippen LogP contribution in [0, 0.1) is 3.57 Å². The molecule has 2 rings (SSSR count). The SMILES string of the molecule is Nc1nc(CN2CCC2)ncc1I. The third-order valence-corrected chi connectivity index (χ3v) is 2.97. The molecule has 0 aromatic carbocycles. The summed E-state index contributed by atoms with van der Waals surface area (Å²) in [5.41, 5.74) is 5.68. The van der Waals surface area contributed by atoms with Gasteiger partial charge in [0.1, 0.15) is 11.6 Å². The average molecular weight is 290 g/mol. The van der Waals surface area contributed by atoms with Gasteiger partial charge in [-0.15, -0.1) is 0 Å². The van der Waals surface area contributed by atoms with Gasteiger partial charge in [0.2, 0.25) is 0 Å². The molecule has 5 heteroatoms. The van der Waals surface area contributed by atoms with Crippen molar-refractivity contribution in [2.24, 2.45) is 0 Å². The van der Waals surface area contributed by atoms with Crippen molar-refractivity contribution >= 4 is 28.4 Å². The number of hydrogen-bond donors (Lipinski definition) is 1. The highest BCUT2D eigenvalue weighted by Crippen LogP contribution is 2.13. The van der Waals surface area contributed by atoms with Gasteiger partial charge in [0.05, 0.1) is 10.1 Å². The van der Waals surface area contributed by atoms with Crippen LogP contribution in [0.1, 0.15) is 12.2 Å². The lowest BCUT2D eigenvalue weighted by Crippen LogP contribution is -2.36. The summed E-state index contributed by atoms with van der Waals surface area (Å²) in [6.07, 6.45) is 3.07. The topological polar surface area (TPSA) is 55.0 Å². The predicted molar refractivity (Wildman–Crippen MR) is 59.1 cm³/mol. The van der Waals surface area contributed by atoms with E-state index in [2.05, 4.69) is 37.5 Å². The molecule has 1 aliphatic heterocycles. The van der Waals surface area contributed by atoms with E-state index in [0.717, 1.165) is 29.0 Å².